The third-order valence-corrected chi connectivity index (χ3v) is 9.14. The predicted molar refractivity (Wildman–Crippen MR) is 180 cm³/mol. The molecule has 0 aliphatic carbocycles. The molecule has 13 heteroatoms. The molecule has 1 fully saturated rings. The van der Waals surface area contributed by atoms with E-state index >= 15 is 0 Å². The highest BCUT2D eigenvalue weighted by atomic mass is 35.5. The molecule has 0 radical (unpaired) electrons. The Kier molecular flexibility index (Phi) is 12.6. The molecule has 2 N–H and O–H groups in total. The quantitative estimate of drug-likeness (QED) is 0.274. The summed E-state index contributed by atoms with van der Waals surface area (Å²) in [6.07, 6.45) is 3.44. The average Bonchev–Trinajstić information content (AvgIpc) is 3.61. The normalized spacial score (nSPS) is 18.1. The molecule has 1 amide bonds. The van der Waals surface area contributed by atoms with Crippen LogP contribution in [0.25, 0.3) is 0 Å². The number of aromatic carboxylic acids is 1. The van der Waals surface area contributed by atoms with Gasteiger partial charge in [0.05, 0.1) is 22.8 Å². The minimum atomic E-state index is -0.872. The van der Waals surface area contributed by atoms with E-state index < -0.39 is 23.8 Å². The highest BCUT2D eigenvalue weighted by Gasteiger charge is 2.36. The second-order valence-electron chi connectivity index (χ2n) is 11.0. The van der Waals surface area contributed by atoms with Gasteiger partial charge < -0.3 is 20.1 Å². The molecule has 1 aromatic heterocycles. The second-order valence-corrected chi connectivity index (χ2v) is 12.2. The van der Waals surface area contributed by atoms with E-state index in [0.717, 1.165) is 18.4 Å². The van der Waals surface area contributed by atoms with Crippen molar-refractivity contribution in [3.63, 3.8) is 0 Å². The van der Waals surface area contributed by atoms with Gasteiger partial charge in [-0.2, -0.15) is 0 Å². The Morgan fingerprint density at radius 3 is 2.47 bits per heavy atom. The Morgan fingerprint density at radius 2 is 1.87 bits per heavy atom. The number of hydrogen-bond donors (Lipinski definition) is 2. The molecule has 1 saturated heterocycles. The van der Waals surface area contributed by atoms with Gasteiger partial charge in [0.1, 0.15) is 11.9 Å². The number of nitrogens with one attached hydrogen (secondary N) is 1. The van der Waals surface area contributed by atoms with Gasteiger partial charge in [-0.1, -0.05) is 49.7 Å². The fourth-order valence-corrected chi connectivity index (χ4v) is 6.33. The summed E-state index contributed by atoms with van der Waals surface area (Å²) in [5.41, 5.74) is 2.77. The van der Waals surface area contributed by atoms with Crippen LogP contribution in [-0.4, -0.2) is 82.4 Å². The molecule has 0 spiro atoms. The van der Waals surface area contributed by atoms with Crippen molar-refractivity contribution in [2.45, 2.75) is 52.6 Å². The maximum absolute atomic E-state index is 14.5. The molecule has 2 atom stereocenters. The monoisotopic (exact) mass is 683 g/mol. The fourth-order valence-electron chi connectivity index (χ4n) is 5.51. The van der Waals surface area contributed by atoms with Gasteiger partial charge in [0.2, 0.25) is 5.91 Å². The zero-order valence-electron chi connectivity index (χ0n) is 26.8. The van der Waals surface area contributed by atoms with E-state index in [0.29, 0.717) is 53.8 Å². The topological polar surface area (TPSA) is 124 Å². The number of aliphatic imine (C=N–C) groups is 1. The first-order chi connectivity index (χ1) is 22.6. The molecule has 3 aromatic rings. The maximum atomic E-state index is 14.5. The lowest BCUT2D eigenvalue weighted by molar-refractivity contribution is -0.139. The number of ether oxygens (including phenoxy) is 1. The Balaban J connectivity index is 0.000000385. The molecular formula is C34H39ClFN5O5S. The first-order valence-electron chi connectivity index (χ1n) is 15.5. The smallest absolute Gasteiger partial charge is 0.338 e. The summed E-state index contributed by atoms with van der Waals surface area (Å²) in [6.45, 7) is 9.89. The van der Waals surface area contributed by atoms with Gasteiger partial charge >= 0.3 is 11.9 Å². The molecule has 47 heavy (non-hydrogen) atoms. The highest BCUT2D eigenvalue weighted by molar-refractivity contribution is 7.11. The summed E-state index contributed by atoms with van der Waals surface area (Å²) < 4.78 is 19.9. The summed E-state index contributed by atoms with van der Waals surface area (Å²) in [4.78, 5) is 49.0. The molecule has 5 rings (SSSR count). The molecule has 1 unspecified atom stereocenters. The molecular weight excluding hydrogens is 645 g/mol. The van der Waals surface area contributed by atoms with Crippen LogP contribution in [0.15, 0.2) is 70.3 Å². The van der Waals surface area contributed by atoms with Crippen LogP contribution in [0.1, 0.15) is 66.7 Å². The molecule has 2 aliphatic rings. The SMILES string of the molecule is CCOC(=O)C1=C(CN2CCN(C(C)=O)C(CC)C2)NC(c2nccs2)=N[C@H]1c1cccc(F)c1Cl.CCc1ccc(C(=O)O)cc1. The van der Waals surface area contributed by atoms with Crippen molar-refractivity contribution >= 4 is 46.6 Å². The number of carbonyl (C=O) groups excluding carboxylic acids is 2. The number of piperazine rings is 1. The molecule has 2 aromatic carbocycles. The number of aromatic nitrogens is 1. The largest absolute Gasteiger partial charge is 0.478 e. The number of thiazole rings is 1. The van der Waals surface area contributed by atoms with Crippen LogP contribution in [0.4, 0.5) is 4.39 Å². The van der Waals surface area contributed by atoms with Crippen LogP contribution in [0.5, 0.6) is 0 Å². The minimum absolute atomic E-state index is 0.0581. The summed E-state index contributed by atoms with van der Waals surface area (Å²) >= 11 is 7.77. The molecule has 3 heterocycles. The lowest BCUT2D eigenvalue weighted by Gasteiger charge is -2.41. The van der Waals surface area contributed by atoms with E-state index in [1.165, 1.54) is 17.4 Å². The lowest BCUT2D eigenvalue weighted by Crippen LogP contribution is -2.55. The number of carboxylic acids is 1. The Bertz CT molecular complexity index is 1630. The van der Waals surface area contributed by atoms with E-state index in [1.54, 1.807) is 44.3 Å². The molecule has 250 valence electrons. The maximum Gasteiger partial charge on any atom is 0.338 e. The first-order valence-corrected chi connectivity index (χ1v) is 16.7. The summed E-state index contributed by atoms with van der Waals surface area (Å²) in [7, 11) is 0. The summed E-state index contributed by atoms with van der Waals surface area (Å²) in [6, 6.07) is 10.6. The van der Waals surface area contributed by atoms with Crippen molar-refractivity contribution in [1.29, 1.82) is 0 Å². The standard InChI is InChI=1S/C25H29ClFN5O3S.C9H10O2/c1-4-16-13-31(10-11-32(16)15(3)33)14-19-20(25(34)35-5-2)22(17-7-6-8-18(27)21(17)26)30-23(29-19)24-28-9-12-36-24;1-2-7-3-5-8(6-4-7)9(10)11/h6-9,12,16,22H,4-5,10-11,13-14H2,1-3H3,(H,29,30);3-6H,2H2,1H3,(H,10,11)/t16?,22-;/m0./s1. The number of halogens is 2. The Hall–Kier alpha value is -4.13. The van der Waals surface area contributed by atoms with Crippen molar-refractivity contribution < 1.29 is 28.6 Å². The predicted octanol–water partition coefficient (Wildman–Crippen LogP) is 5.73. The van der Waals surface area contributed by atoms with E-state index in [1.807, 2.05) is 29.3 Å². The number of hydrogen-bond acceptors (Lipinski definition) is 9. The van der Waals surface area contributed by atoms with Crippen LogP contribution in [0, 0.1) is 5.82 Å². The van der Waals surface area contributed by atoms with Crippen molar-refractivity contribution in [3.8, 4) is 0 Å². The van der Waals surface area contributed by atoms with Crippen LogP contribution in [0.3, 0.4) is 0 Å². The van der Waals surface area contributed by atoms with Crippen molar-refractivity contribution in [2.75, 3.05) is 32.8 Å². The minimum Gasteiger partial charge on any atom is -0.478 e. The van der Waals surface area contributed by atoms with Gasteiger partial charge in [-0.25, -0.2) is 19.0 Å². The Labute approximate surface area is 282 Å². The van der Waals surface area contributed by atoms with E-state index in [4.69, 9.17) is 26.4 Å². The van der Waals surface area contributed by atoms with E-state index in [2.05, 4.69) is 22.1 Å². The van der Waals surface area contributed by atoms with E-state index in [9.17, 15) is 18.8 Å². The average molecular weight is 684 g/mol. The fraction of sp³-hybridized carbons (Fsp3) is 0.382. The number of amides is 1. The zero-order valence-corrected chi connectivity index (χ0v) is 28.4. The number of carboxylic acid groups (broad SMARTS) is 1. The molecule has 2 aliphatic heterocycles. The number of esters is 1. The van der Waals surface area contributed by atoms with Gasteiger partial charge in [0, 0.05) is 62.0 Å². The van der Waals surface area contributed by atoms with Crippen molar-refractivity contribution in [1.82, 2.24) is 20.1 Å². The number of amidine groups is 1. The Morgan fingerprint density at radius 1 is 1.13 bits per heavy atom. The first kappa shape index (κ1) is 35.7. The number of carbonyl (C=O) groups is 3. The van der Waals surface area contributed by atoms with Gasteiger partial charge in [-0.05, 0) is 43.5 Å². The molecule has 0 saturated carbocycles. The summed E-state index contributed by atoms with van der Waals surface area (Å²) in [5.74, 6) is -1.46. The third-order valence-electron chi connectivity index (χ3n) is 7.97. The van der Waals surface area contributed by atoms with Gasteiger partial charge in [0.15, 0.2) is 10.8 Å². The molecule has 10 nitrogen and oxygen atoms in total. The van der Waals surface area contributed by atoms with Crippen molar-refractivity contribution in [3.05, 3.63) is 97.8 Å². The van der Waals surface area contributed by atoms with E-state index in [-0.39, 0.29) is 29.2 Å². The number of rotatable bonds is 9. The number of aryl methyl sites for hydroxylation is 1. The lowest BCUT2D eigenvalue weighted by atomic mass is 9.95. The molecule has 0 bridgehead atoms. The van der Waals surface area contributed by atoms with Crippen LogP contribution < -0.4 is 5.32 Å². The van der Waals surface area contributed by atoms with Gasteiger partial charge in [0.25, 0.3) is 0 Å². The number of nitrogens with zero attached hydrogens (tertiary/aromatic N) is 4. The second kappa shape index (κ2) is 16.6. The van der Waals surface area contributed by atoms with Gasteiger partial charge in [-0.15, -0.1) is 11.3 Å². The van der Waals surface area contributed by atoms with Crippen LogP contribution in [0.2, 0.25) is 5.02 Å². The third kappa shape index (κ3) is 8.82. The zero-order chi connectivity index (χ0) is 34.1. The van der Waals surface area contributed by atoms with Crippen LogP contribution >= 0.6 is 22.9 Å². The van der Waals surface area contributed by atoms with Crippen LogP contribution in [-0.2, 0) is 20.7 Å². The van der Waals surface area contributed by atoms with Gasteiger partial charge in [-0.3, -0.25) is 14.7 Å². The number of benzene rings is 2. The summed E-state index contributed by atoms with van der Waals surface area (Å²) in [5, 5.41) is 14.2. The van der Waals surface area contributed by atoms with Crippen molar-refractivity contribution in [2.24, 2.45) is 4.99 Å². The highest BCUT2D eigenvalue weighted by Crippen LogP contribution is 2.37.